The first kappa shape index (κ1) is 15.8. The van der Waals surface area contributed by atoms with E-state index in [0.717, 1.165) is 45.0 Å². The summed E-state index contributed by atoms with van der Waals surface area (Å²) in [6.45, 7) is 6.02. The van der Waals surface area contributed by atoms with Gasteiger partial charge in [-0.25, -0.2) is 4.98 Å². The van der Waals surface area contributed by atoms with Crippen molar-refractivity contribution >= 4 is 43.8 Å². The third-order valence-electron chi connectivity index (χ3n) is 5.44. The third-order valence-corrected chi connectivity index (χ3v) is 6.54. The number of aryl methyl sites for hydroxylation is 2. The van der Waals surface area contributed by atoms with Crippen LogP contribution in [-0.2, 0) is 0 Å². The standard InChI is InChI=1S/C20H20N4OS/c1-12-13(2)26-19-16(12)20(25)24-17(21-19)14-8-4-5-9-15(14)18(22-24)23-10-6-3-7-11-23/h4-5,8-9H,3,6-7,10-11H2,1-2H3. The molecule has 1 aliphatic heterocycles. The summed E-state index contributed by atoms with van der Waals surface area (Å²) in [5.74, 6) is 0.903. The maximum atomic E-state index is 13.2. The van der Waals surface area contributed by atoms with E-state index in [1.165, 1.54) is 23.8 Å². The summed E-state index contributed by atoms with van der Waals surface area (Å²) < 4.78 is 1.52. The predicted molar refractivity (Wildman–Crippen MR) is 108 cm³/mol. The van der Waals surface area contributed by atoms with Crippen LogP contribution in [0.25, 0.3) is 26.6 Å². The van der Waals surface area contributed by atoms with Gasteiger partial charge in [-0.2, -0.15) is 4.52 Å². The lowest BCUT2D eigenvalue weighted by atomic mass is 10.1. The Bertz CT molecular complexity index is 1220. The molecule has 1 saturated heterocycles. The summed E-state index contributed by atoms with van der Waals surface area (Å²) in [4.78, 5) is 22.3. The van der Waals surface area contributed by atoms with Crippen LogP contribution in [0.15, 0.2) is 29.1 Å². The molecule has 26 heavy (non-hydrogen) atoms. The van der Waals surface area contributed by atoms with Gasteiger partial charge in [-0.3, -0.25) is 4.79 Å². The minimum Gasteiger partial charge on any atom is -0.355 e. The minimum absolute atomic E-state index is 0.0594. The van der Waals surface area contributed by atoms with Gasteiger partial charge >= 0.3 is 0 Å². The number of nitrogens with zero attached hydrogens (tertiary/aromatic N) is 4. The van der Waals surface area contributed by atoms with Gasteiger partial charge in [-0.15, -0.1) is 16.4 Å². The number of fused-ring (bicyclic) bond motifs is 4. The average Bonchev–Trinajstić information content (AvgIpc) is 2.96. The van der Waals surface area contributed by atoms with E-state index in [0.29, 0.717) is 11.0 Å². The molecule has 1 fully saturated rings. The second-order valence-corrected chi connectivity index (χ2v) is 8.24. The van der Waals surface area contributed by atoms with E-state index in [1.807, 2.05) is 32.0 Å². The smallest absolute Gasteiger partial charge is 0.283 e. The summed E-state index contributed by atoms with van der Waals surface area (Å²) in [7, 11) is 0. The highest BCUT2D eigenvalue weighted by molar-refractivity contribution is 7.18. The second-order valence-electron chi connectivity index (χ2n) is 7.03. The molecule has 0 atom stereocenters. The van der Waals surface area contributed by atoms with Crippen molar-refractivity contribution in [1.29, 1.82) is 0 Å². The Labute approximate surface area is 154 Å². The lowest BCUT2D eigenvalue weighted by Crippen LogP contribution is -2.32. The zero-order valence-electron chi connectivity index (χ0n) is 15.0. The van der Waals surface area contributed by atoms with E-state index in [1.54, 1.807) is 11.3 Å². The largest absolute Gasteiger partial charge is 0.355 e. The fraction of sp³-hybridized carbons (Fsp3) is 0.350. The topological polar surface area (TPSA) is 50.5 Å². The highest BCUT2D eigenvalue weighted by Gasteiger charge is 2.20. The van der Waals surface area contributed by atoms with Gasteiger partial charge in [0.2, 0.25) is 0 Å². The Morgan fingerprint density at radius 2 is 1.77 bits per heavy atom. The van der Waals surface area contributed by atoms with Crippen LogP contribution in [0.3, 0.4) is 0 Å². The molecule has 5 rings (SSSR count). The molecule has 4 aromatic rings. The number of anilines is 1. The molecule has 5 nitrogen and oxygen atoms in total. The molecule has 3 aromatic heterocycles. The second kappa shape index (κ2) is 5.77. The number of benzene rings is 1. The van der Waals surface area contributed by atoms with E-state index in [2.05, 4.69) is 11.0 Å². The van der Waals surface area contributed by atoms with Crippen molar-refractivity contribution in [2.75, 3.05) is 18.0 Å². The fourth-order valence-corrected chi connectivity index (χ4v) is 4.93. The van der Waals surface area contributed by atoms with E-state index < -0.39 is 0 Å². The van der Waals surface area contributed by atoms with E-state index in [4.69, 9.17) is 10.1 Å². The number of hydrogen-bond acceptors (Lipinski definition) is 5. The molecule has 0 radical (unpaired) electrons. The van der Waals surface area contributed by atoms with E-state index in [-0.39, 0.29) is 5.56 Å². The maximum Gasteiger partial charge on any atom is 0.283 e. The molecule has 0 bridgehead atoms. The minimum atomic E-state index is -0.0594. The van der Waals surface area contributed by atoms with Crippen LogP contribution < -0.4 is 10.5 Å². The van der Waals surface area contributed by atoms with Crippen LogP contribution in [-0.4, -0.2) is 27.7 Å². The zero-order chi connectivity index (χ0) is 17.8. The predicted octanol–water partition coefficient (Wildman–Crippen LogP) is 4.06. The van der Waals surface area contributed by atoms with E-state index >= 15 is 0 Å². The fourth-order valence-electron chi connectivity index (χ4n) is 3.91. The lowest BCUT2D eigenvalue weighted by Gasteiger charge is -2.28. The molecular weight excluding hydrogens is 344 g/mol. The Kier molecular flexibility index (Phi) is 3.50. The van der Waals surface area contributed by atoms with E-state index in [9.17, 15) is 4.79 Å². The molecule has 0 amide bonds. The third kappa shape index (κ3) is 2.18. The molecule has 0 N–H and O–H groups in total. The van der Waals surface area contributed by atoms with Crippen LogP contribution in [0.5, 0.6) is 0 Å². The average molecular weight is 364 g/mol. The Balaban J connectivity index is 1.93. The monoisotopic (exact) mass is 364 g/mol. The highest BCUT2D eigenvalue weighted by Crippen LogP contribution is 2.31. The summed E-state index contributed by atoms with van der Waals surface area (Å²) in [5.41, 5.74) is 1.61. The Morgan fingerprint density at radius 3 is 2.54 bits per heavy atom. The number of hydrogen-bond donors (Lipinski definition) is 0. The van der Waals surface area contributed by atoms with Crippen molar-refractivity contribution < 1.29 is 0 Å². The van der Waals surface area contributed by atoms with Crippen molar-refractivity contribution in [1.82, 2.24) is 14.6 Å². The first-order chi connectivity index (χ1) is 12.6. The van der Waals surface area contributed by atoms with Gasteiger partial charge in [0.05, 0.1) is 5.39 Å². The summed E-state index contributed by atoms with van der Waals surface area (Å²) in [6.07, 6.45) is 3.60. The normalized spacial score (nSPS) is 15.4. The van der Waals surface area contributed by atoms with Gasteiger partial charge in [0.25, 0.3) is 5.56 Å². The number of piperidine rings is 1. The summed E-state index contributed by atoms with van der Waals surface area (Å²) in [5, 5.41) is 7.57. The quantitative estimate of drug-likeness (QED) is 0.478. The molecule has 1 aromatic carbocycles. The van der Waals surface area contributed by atoms with Crippen LogP contribution in [0.2, 0.25) is 0 Å². The molecule has 0 unspecified atom stereocenters. The van der Waals surface area contributed by atoms with Crippen LogP contribution in [0.4, 0.5) is 5.82 Å². The lowest BCUT2D eigenvalue weighted by molar-refractivity contribution is 0.571. The Hall–Kier alpha value is -2.47. The molecule has 1 aliphatic rings. The first-order valence-electron chi connectivity index (χ1n) is 9.11. The van der Waals surface area contributed by atoms with Gasteiger partial charge in [0.15, 0.2) is 11.5 Å². The number of rotatable bonds is 1. The van der Waals surface area contributed by atoms with Crippen molar-refractivity contribution in [3.05, 3.63) is 45.1 Å². The van der Waals surface area contributed by atoms with Gasteiger partial charge in [0.1, 0.15) is 4.83 Å². The van der Waals surface area contributed by atoms with Crippen molar-refractivity contribution in [2.45, 2.75) is 33.1 Å². The first-order valence-corrected chi connectivity index (χ1v) is 9.93. The number of aromatic nitrogens is 3. The molecular formula is C20H20N4OS. The van der Waals surface area contributed by atoms with Crippen molar-refractivity contribution in [3.63, 3.8) is 0 Å². The van der Waals surface area contributed by atoms with Crippen molar-refractivity contribution in [2.24, 2.45) is 0 Å². The van der Waals surface area contributed by atoms with Gasteiger partial charge < -0.3 is 4.90 Å². The molecule has 0 aliphatic carbocycles. The van der Waals surface area contributed by atoms with Gasteiger partial charge in [-0.1, -0.05) is 24.3 Å². The SMILES string of the molecule is Cc1sc2nc3c4ccccc4c(N4CCCCC4)nn3c(=O)c2c1C. The van der Waals surface area contributed by atoms with Crippen LogP contribution in [0, 0.1) is 13.8 Å². The summed E-state index contributed by atoms with van der Waals surface area (Å²) in [6, 6.07) is 8.17. The summed E-state index contributed by atoms with van der Waals surface area (Å²) >= 11 is 1.59. The molecule has 0 spiro atoms. The van der Waals surface area contributed by atoms with Crippen molar-refractivity contribution in [3.8, 4) is 0 Å². The Morgan fingerprint density at radius 1 is 1.04 bits per heavy atom. The van der Waals surface area contributed by atoms with Crippen LogP contribution in [0.1, 0.15) is 29.7 Å². The molecule has 0 saturated carbocycles. The maximum absolute atomic E-state index is 13.2. The molecule has 132 valence electrons. The molecule has 6 heteroatoms. The van der Waals surface area contributed by atoms with Crippen LogP contribution >= 0.6 is 11.3 Å². The highest BCUT2D eigenvalue weighted by atomic mass is 32.1. The molecule has 4 heterocycles. The van der Waals surface area contributed by atoms with Gasteiger partial charge in [-0.05, 0) is 38.7 Å². The number of thiophene rings is 1. The zero-order valence-corrected chi connectivity index (χ0v) is 15.8. The van der Waals surface area contributed by atoms with Gasteiger partial charge in [0, 0.05) is 28.7 Å².